The Hall–Kier alpha value is -1.62. The van der Waals surface area contributed by atoms with Gasteiger partial charge in [-0.25, -0.2) is 4.98 Å². The number of pyridine rings is 1. The summed E-state index contributed by atoms with van der Waals surface area (Å²) in [6.45, 7) is 2.44. The number of nitrogens with zero attached hydrogens (tertiary/aromatic N) is 1. The third-order valence-electron chi connectivity index (χ3n) is 2.97. The van der Waals surface area contributed by atoms with Gasteiger partial charge in [0.05, 0.1) is 5.56 Å². The van der Waals surface area contributed by atoms with Crippen molar-refractivity contribution in [1.29, 1.82) is 0 Å². The number of anilines is 1. The van der Waals surface area contributed by atoms with Gasteiger partial charge < -0.3 is 15.8 Å². The molecule has 1 aromatic heterocycles. The van der Waals surface area contributed by atoms with E-state index in [1.807, 2.05) is 0 Å². The van der Waals surface area contributed by atoms with Crippen molar-refractivity contribution in [3.8, 4) is 0 Å². The van der Waals surface area contributed by atoms with Crippen LogP contribution in [0.1, 0.15) is 23.2 Å². The van der Waals surface area contributed by atoms with Crippen molar-refractivity contribution < 1.29 is 9.53 Å². The van der Waals surface area contributed by atoms with Gasteiger partial charge >= 0.3 is 0 Å². The Morgan fingerprint density at radius 1 is 1.53 bits per heavy atom. The molecule has 0 atom stereocenters. The summed E-state index contributed by atoms with van der Waals surface area (Å²) in [5, 5.41) is 3.20. The maximum Gasteiger partial charge on any atom is 0.252 e. The molecule has 2 rings (SSSR count). The monoisotopic (exact) mass is 235 g/mol. The molecule has 1 aliphatic heterocycles. The fourth-order valence-electron chi connectivity index (χ4n) is 1.94. The van der Waals surface area contributed by atoms with E-state index in [0.29, 0.717) is 17.3 Å². The van der Waals surface area contributed by atoms with Crippen LogP contribution in [0.2, 0.25) is 0 Å². The number of nitrogens with two attached hydrogens (primary N) is 1. The van der Waals surface area contributed by atoms with E-state index in [4.69, 9.17) is 10.5 Å². The Kier molecular flexibility index (Phi) is 3.93. The summed E-state index contributed by atoms with van der Waals surface area (Å²) in [6, 6.07) is 3.39. The van der Waals surface area contributed by atoms with Crippen molar-refractivity contribution in [2.75, 3.05) is 25.1 Å². The molecule has 1 aliphatic rings. The van der Waals surface area contributed by atoms with Crippen LogP contribution in [0.4, 0.5) is 5.82 Å². The Balaban J connectivity index is 1.96. The molecule has 0 aliphatic carbocycles. The molecular weight excluding hydrogens is 218 g/mol. The van der Waals surface area contributed by atoms with Crippen LogP contribution < -0.4 is 11.1 Å². The summed E-state index contributed by atoms with van der Waals surface area (Å²) < 4.78 is 5.30. The zero-order valence-corrected chi connectivity index (χ0v) is 9.69. The average molecular weight is 235 g/mol. The van der Waals surface area contributed by atoms with E-state index < -0.39 is 5.91 Å². The number of hydrogen-bond acceptors (Lipinski definition) is 4. The maximum atomic E-state index is 11.2. The molecule has 0 aromatic carbocycles. The predicted molar refractivity (Wildman–Crippen MR) is 64.8 cm³/mol. The number of amides is 1. The molecule has 0 unspecified atom stereocenters. The zero-order chi connectivity index (χ0) is 12.1. The van der Waals surface area contributed by atoms with Crippen LogP contribution in [0.5, 0.6) is 0 Å². The van der Waals surface area contributed by atoms with E-state index in [1.54, 1.807) is 18.3 Å². The minimum absolute atomic E-state index is 0.444. The smallest absolute Gasteiger partial charge is 0.252 e. The number of rotatable bonds is 4. The molecule has 0 spiro atoms. The normalized spacial score (nSPS) is 16.7. The molecule has 0 radical (unpaired) electrons. The van der Waals surface area contributed by atoms with Crippen molar-refractivity contribution in [2.45, 2.75) is 12.8 Å². The molecular formula is C12H17N3O2. The number of ether oxygens (including phenoxy) is 1. The first-order chi connectivity index (χ1) is 8.27. The molecule has 5 heteroatoms. The second-order valence-electron chi connectivity index (χ2n) is 4.20. The molecule has 3 N–H and O–H groups in total. The first-order valence-electron chi connectivity index (χ1n) is 5.84. The van der Waals surface area contributed by atoms with E-state index in [-0.39, 0.29) is 0 Å². The molecule has 17 heavy (non-hydrogen) atoms. The van der Waals surface area contributed by atoms with Crippen LogP contribution in [-0.2, 0) is 4.74 Å². The van der Waals surface area contributed by atoms with Crippen LogP contribution >= 0.6 is 0 Å². The maximum absolute atomic E-state index is 11.2. The van der Waals surface area contributed by atoms with Gasteiger partial charge in [0, 0.05) is 26.0 Å². The summed E-state index contributed by atoms with van der Waals surface area (Å²) >= 11 is 0. The van der Waals surface area contributed by atoms with E-state index in [1.165, 1.54) is 0 Å². The first-order valence-corrected chi connectivity index (χ1v) is 5.84. The summed E-state index contributed by atoms with van der Waals surface area (Å²) in [4.78, 5) is 15.3. The number of carbonyl (C=O) groups excluding carboxylic acids is 1. The highest BCUT2D eigenvalue weighted by atomic mass is 16.5. The minimum atomic E-state index is -0.451. The van der Waals surface area contributed by atoms with Crippen LogP contribution in [-0.4, -0.2) is 30.6 Å². The summed E-state index contributed by atoms with van der Waals surface area (Å²) in [6.07, 6.45) is 3.75. The van der Waals surface area contributed by atoms with Gasteiger partial charge in [-0.2, -0.15) is 0 Å². The fourth-order valence-corrected chi connectivity index (χ4v) is 1.94. The quantitative estimate of drug-likeness (QED) is 0.816. The topological polar surface area (TPSA) is 77.2 Å². The Morgan fingerprint density at radius 2 is 2.29 bits per heavy atom. The summed E-state index contributed by atoms with van der Waals surface area (Å²) in [5.41, 5.74) is 5.73. The molecule has 1 amide bonds. The van der Waals surface area contributed by atoms with Crippen molar-refractivity contribution in [3.63, 3.8) is 0 Å². The van der Waals surface area contributed by atoms with Gasteiger partial charge in [0.15, 0.2) is 0 Å². The fraction of sp³-hybridized carbons (Fsp3) is 0.500. The Morgan fingerprint density at radius 3 is 3.00 bits per heavy atom. The predicted octanol–water partition coefficient (Wildman–Crippen LogP) is 1.02. The molecule has 0 saturated carbocycles. The van der Waals surface area contributed by atoms with Gasteiger partial charge in [0.1, 0.15) is 5.82 Å². The second kappa shape index (κ2) is 5.63. The van der Waals surface area contributed by atoms with Crippen LogP contribution in [0.25, 0.3) is 0 Å². The molecule has 1 aromatic rings. The zero-order valence-electron chi connectivity index (χ0n) is 9.69. The largest absolute Gasteiger partial charge is 0.381 e. The molecule has 92 valence electrons. The second-order valence-corrected chi connectivity index (χ2v) is 4.20. The van der Waals surface area contributed by atoms with Crippen LogP contribution in [0, 0.1) is 5.92 Å². The van der Waals surface area contributed by atoms with Gasteiger partial charge in [-0.15, -0.1) is 0 Å². The Bertz CT molecular complexity index is 389. The SMILES string of the molecule is NC(=O)c1cccnc1NCC1CCOCC1. The van der Waals surface area contributed by atoms with Crippen LogP contribution in [0.3, 0.4) is 0 Å². The van der Waals surface area contributed by atoms with E-state index in [2.05, 4.69) is 10.3 Å². The molecule has 1 fully saturated rings. The summed E-state index contributed by atoms with van der Waals surface area (Å²) in [7, 11) is 0. The van der Waals surface area contributed by atoms with E-state index >= 15 is 0 Å². The van der Waals surface area contributed by atoms with Gasteiger partial charge in [-0.05, 0) is 30.9 Å². The van der Waals surface area contributed by atoms with Crippen molar-refractivity contribution in [1.82, 2.24) is 4.98 Å². The minimum Gasteiger partial charge on any atom is -0.381 e. The van der Waals surface area contributed by atoms with Gasteiger partial charge in [0.25, 0.3) is 5.91 Å². The number of carbonyl (C=O) groups is 1. The molecule has 5 nitrogen and oxygen atoms in total. The number of nitrogens with one attached hydrogen (secondary N) is 1. The lowest BCUT2D eigenvalue weighted by molar-refractivity contribution is 0.0699. The van der Waals surface area contributed by atoms with Crippen LogP contribution in [0.15, 0.2) is 18.3 Å². The van der Waals surface area contributed by atoms with Gasteiger partial charge in [-0.3, -0.25) is 4.79 Å². The first kappa shape index (κ1) is 11.9. The number of primary amides is 1. The lowest BCUT2D eigenvalue weighted by Gasteiger charge is -2.22. The molecule has 0 bridgehead atoms. The third-order valence-corrected chi connectivity index (χ3v) is 2.97. The highest BCUT2D eigenvalue weighted by Crippen LogP contribution is 2.17. The lowest BCUT2D eigenvalue weighted by atomic mass is 10.0. The highest BCUT2D eigenvalue weighted by Gasteiger charge is 2.15. The standard InChI is InChI=1S/C12H17N3O2/c13-11(16)10-2-1-5-14-12(10)15-8-9-3-6-17-7-4-9/h1-2,5,9H,3-4,6-8H2,(H2,13,16)(H,14,15). The third kappa shape index (κ3) is 3.17. The average Bonchev–Trinajstić information content (AvgIpc) is 2.38. The van der Waals surface area contributed by atoms with E-state index in [9.17, 15) is 4.79 Å². The van der Waals surface area contributed by atoms with Gasteiger partial charge in [0.2, 0.25) is 0 Å². The molecule has 1 saturated heterocycles. The number of hydrogen-bond donors (Lipinski definition) is 2. The van der Waals surface area contributed by atoms with Crippen molar-refractivity contribution in [3.05, 3.63) is 23.9 Å². The number of aromatic nitrogens is 1. The Labute approximate surface area is 100 Å². The summed E-state index contributed by atoms with van der Waals surface area (Å²) in [5.74, 6) is 0.700. The molecule has 2 heterocycles. The van der Waals surface area contributed by atoms with Crippen molar-refractivity contribution in [2.24, 2.45) is 11.7 Å². The highest BCUT2D eigenvalue weighted by molar-refractivity contribution is 5.97. The van der Waals surface area contributed by atoms with E-state index in [0.717, 1.165) is 32.6 Å². The van der Waals surface area contributed by atoms with Crippen molar-refractivity contribution >= 4 is 11.7 Å². The lowest BCUT2D eigenvalue weighted by Crippen LogP contribution is -2.24. The van der Waals surface area contributed by atoms with Gasteiger partial charge in [-0.1, -0.05) is 0 Å².